The molecule has 0 bridgehead atoms. The van der Waals surface area contributed by atoms with Gasteiger partial charge in [0.2, 0.25) is 6.71 Å². The van der Waals surface area contributed by atoms with Crippen LogP contribution in [0.4, 0.5) is 0 Å². The van der Waals surface area contributed by atoms with Crippen molar-refractivity contribution < 1.29 is 29.6 Å². The SMILES string of the molecule is Cc1ccc(-c2[c-]cccc2)nc1.Cc1ccccc1-c1ccc(-c2[c-]ccc3c2Oc2cccc4c2B3c2ccccc2O4)nc1.[Ir]. The number of fused-ring (bicyclic) bond motifs is 4. The van der Waals surface area contributed by atoms with E-state index in [0.717, 1.165) is 67.5 Å². The molecule has 0 atom stereocenters. The maximum absolute atomic E-state index is 6.51. The Morgan fingerprint density at radius 2 is 1.33 bits per heavy atom. The van der Waals surface area contributed by atoms with E-state index in [0.29, 0.717) is 0 Å². The average molecular weight is 797 g/mol. The Bertz CT molecular complexity index is 2220. The molecular weight excluding hydrogens is 768 g/mol. The maximum atomic E-state index is 6.51. The minimum atomic E-state index is 0. The van der Waals surface area contributed by atoms with E-state index in [1.807, 2.05) is 86.0 Å². The largest absolute Gasteiger partial charge is 0.503 e. The van der Waals surface area contributed by atoms with Gasteiger partial charge in [0.05, 0.1) is 0 Å². The Kier molecular flexibility index (Phi) is 8.77. The van der Waals surface area contributed by atoms with Gasteiger partial charge in [-0.15, -0.1) is 59.6 Å². The van der Waals surface area contributed by atoms with Crippen LogP contribution in [0.25, 0.3) is 33.6 Å². The van der Waals surface area contributed by atoms with E-state index in [9.17, 15) is 0 Å². The molecule has 0 saturated heterocycles. The monoisotopic (exact) mass is 797 g/mol. The van der Waals surface area contributed by atoms with Gasteiger partial charge < -0.3 is 19.4 Å². The fraction of sp³-hybridized carbons (Fsp3) is 0.0476. The van der Waals surface area contributed by atoms with Crippen LogP contribution >= 0.6 is 0 Å². The molecule has 9 rings (SSSR count). The summed E-state index contributed by atoms with van der Waals surface area (Å²) in [7, 11) is 0. The zero-order valence-corrected chi connectivity index (χ0v) is 28.8. The van der Waals surface area contributed by atoms with E-state index >= 15 is 0 Å². The van der Waals surface area contributed by atoms with Gasteiger partial charge in [-0.1, -0.05) is 78.4 Å². The Balaban J connectivity index is 0.000000220. The molecule has 2 aliphatic heterocycles. The van der Waals surface area contributed by atoms with Crippen LogP contribution in [-0.4, -0.2) is 16.7 Å². The molecular formula is C42H29BIrN2O2-2. The molecule has 4 nitrogen and oxygen atoms in total. The number of rotatable bonds is 3. The van der Waals surface area contributed by atoms with Gasteiger partial charge in [0.25, 0.3) is 0 Å². The summed E-state index contributed by atoms with van der Waals surface area (Å²) in [5.74, 6) is 3.37. The molecule has 0 saturated carbocycles. The second kappa shape index (κ2) is 13.4. The Morgan fingerprint density at radius 1 is 0.583 bits per heavy atom. The molecule has 0 amide bonds. The first kappa shape index (κ1) is 31.3. The van der Waals surface area contributed by atoms with Crippen molar-refractivity contribution in [2.75, 3.05) is 0 Å². The molecule has 2 aromatic heterocycles. The van der Waals surface area contributed by atoms with Crippen molar-refractivity contribution in [2.45, 2.75) is 13.8 Å². The standard InChI is InChI=1S/C30H19BNO2.C12H10N.Ir/c1-19-8-2-3-9-21(19)20-16-17-25(32-18-20)22-10-6-12-24-30(22)34-28-15-7-14-27-29(28)31(24)23-11-4-5-13-26(23)33-27;1-10-7-8-12(13-9-10)11-5-3-2-4-6-11;/h2-9,11-18H,1H3;2-5,7-9H,1H3;/q2*-1;. The van der Waals surface area contributed by atoms with E-state index in [1.54, 1.807) is 0 Å². The van der Waals surface area contributed by atoms with Crippen LogP contribution in [0, 0.1) is 26.0 Å². The van der Waals surface area contributed by atoms with Crippen LogP contribution in [0.3, 0.4) is 0 Å². The first-order valence-electron chi connectivity index (χ1n) is 15.7. The van der Waals surface area contributed by atoms with Crippen LogP contribution in [0.5, 0.6) is 23.0 Å². The molecule has 4 heterocycles. The molecule has 1 radical (unpaired) electrons. The van der Waals surface area contributed by atoms with E-state index in [-0.39, 0.29) is 26.8 Å². The minimum absolute atomic E-state index is 0. The zero-order chi connectivity index (χ0) is 31.7. The summed E-state index contributed by atoms with van der Waals surface area (Å²) in [6.07, 6.45) is 3.81. The van der Waals surface area contributed by atoms with Gasteiger partial charge in [0.15, 0.2) is 0 Å². The van der Waals surface area contributed by atoms with Gasteiger partial charge in [-0.2, -0.15) is 0 Å². The zero-order valence-electron chi connectivity index (χ0n) is 26.4. The second-order valence-corrected chi connectivity index (χ2v) is 11.7. The summed E-state index contributed by atoms with van der Waals surface area (Å²) in [5.41, 5.74) is 11.8. The van der Waals surface area contributed by atoms with Crippen LogP contribution in [0.1, 0.15) is 11.1 Å². The predicted octanol–water partition coefficient (Wildman–Crippen LogP) is 8.11. The quantitative estimate of drug-likeness (QED) is 0.134. The predicted molar refractivity (Wildman–Crippen MR) is 190 cm³/mol. The number of hydrogen-bond acceptors (Lipinski definition) is 4. The van der Waals surface area contributed by atoms with Crippen LogP contribution < -0.4 is 25.9 Å². The first-order valence-corrected chi connectivity index (χ1v) is 15.7. The molecule has 0 unspecified atom stereocenters. The summed E-state index contributed by atoms with van der Waals surface area (Å²) < 4.78 is 12.7. The van der Waals surface area contributed by atoms with Crippen molar-refractivity contribution in [3.05, 3.63) is 163 Å². The molecule has 0 fully saturated rings. The molecule has 2 aliphatic rings. The number of pyridine rings is 2. The number of nitrogens with zero attached hydrogens (tertiary/aromatic N) is 2. The van der Waals surface area contributed by atoms with Gasteiger partial charge in [-0.25, -0.2) is 0 Å². The normalized spacial score (nSPS) is 11.7. The summed E-state index contributed by atoms with van der Waals surface area (Å²) in [6.45, 7) is 4.20. The van der Waals surface area contributed by atoms with E-state index in [2.05, 4.69) is 84.7 Å². The van der Waals surface area contributed by atoms with Gasteiger partial charge in [0.1, 0.15) is 17.2 Å². The molecule has 0 aliphatic carbocycles. The number of ether oxygens (including phenoxy) is 2. The number of benzene rings is 5. The Labute approximate surface area is 294 Å². The summed E-state index contributed by atoms with van der Waals surface area (Å²) >= 11 is 0. The topological polar surface area (TPSA) is 44.2 Å². The van der Waals surface area contributed by atoms with Gasteiger partial charge in [-0.05, 0) is 71.2 Å². The van der Waals surface area contributed by atoms with Crippen LogP contribution in [-0.2, 0) is 20.1 Å². The third kappa shape index (κ3) is 5.86. The Hall–Kier alpha value is -5.29. The fourth-order valence-electron chi connectivity index (χ4n) is 6.31. The molecule has 233 valence electrons. The minimum Gasteiger partial charge on any atom is -0.503 e. The van der Waals surface area contributed by atoms with E-state index in [4.69, 9.17) is 14.5 Å². The third-order valence-corrected chi connectivity index (χ3v) is 8.64. The van der Waals surface area contributed by atoms with Crippen molar-refractivity contribution in [2.24, 2.45) is 0 Å². The number of aromatic nitrogens is 2. The maximum Gasteiger partial charge on any atom is 0.241 e. The van der Waals surface area contributed by atoms with Crippen LogP contribution in [0.15, 0.2) is 140 Å². The molecule has 5 aromatic carbocycles. The summed E-state index contributed by atoms with van der Waals surface area (Å²) in [4.78, 5) is 9.14. The van der Waals surface area contributed by atoms with Gasteiger partial charge in [0, 0.05) is 43.7 Å². The molecule has 7 aromatic rings. The first-order chi connectivity index (χ1) is 23.1. The Morgan fingerprint density at radius 3 is 2.10 bits per heavy atom. The summed E-state index contributed by atoms with van der Waals surface area (Å²) in [6, 6.07) is 49.3. The number of aryl methyl sites for hydroxylation is 2. The third-order valence-electron chi connectivity index (χ3n) is 8.64. The van der Waals surface area contributed by atoms with Crippen molar-refractivity contribution in [1.29, 1.82) is 0 Å². The molecule has 6 heteroatoms. The molecule has 48 heavy (non-hydrogen) atoms. The van der Waals surface area contributed by atoms with Crippen molar-refractivity contribution in [3.63, 3.8) is 0 Å². The summed E-state index contributed by atoms with van der Waals surface area (Å²) in [5, 5.41) is 0. The van der Waals surface area contributed by atoms with Crippen molar-refractivity contribution in [3.8, 4) is 56.6 Å². The second-order valence-electron chi connectivity index (χ2n) is 11.7. The number of para-hydroxylation sites is 1. The molecule has 0 N–H and O–H groups in total. The average Bonchev–Trinajstić information content (AvgIpc) is 3.13. The van der Waals surface area contributed by atoms with E-state index in [1.165, 1.54) is 16.7 Å². The van der Waals surface area contributed by atoms with Crippen molar-refractivity contribution in [1.82, 2.24) is 9.97 Å². The van der Waals surface area contributed by atoms with Gasteiger partial charge >= 0.3 is 0 Å². The van der Waals surface area contributed by atoms with Crippen LogP contribution in [0.2, 0.25) is 0 Å². The fourth-order valence-corrected chi connectivity index (χ4v) is 6.31. The van der Waals surface area contributed by atoms with E-state index < -0.39 is 0 Å². The van der Waals surface area contributed by atoms with Crippen molar-refractivity contribution >= 4 is 23.1 Å². The van der Waals surface area contributed by atoms with Gasteiger partial charge in [-0.3, -0.25) is 0 Å². The molecule has 0 spiro atoms. The smallest absolute Gasteiger partial charge is 0.241 e. The number of hydrogen-bond donors (Lipinski definition) is 0.